The van der Waals surface area contributed by atoms with Crippen molar-refractivity contribution in [2.45, 2.75) is 439 Å². The fourth-order valence-electron chi connectivity index (χ4n) is 14.1. The molecule has 554 valence electrons. The minimum Gasteiger partial charge on any atom is -0.508 e. The van der Waals surface area contributed by atoms with E-state index in [0.29, 0.717) is 25.7 Å². The molecule has 10 heteroatoms. The van der Waals surface area contributed by atoms with E-state index in [0.717, 1.165) is 103 Å². The Morgan fingerprint density at radius 2 is 0.546 bits per heavy atom. The molecule has 97 heavy (non-hydrogen) atoms. The molecule has 1 aromatic heterocycles. The van der Waals surface area contributed by atoms with E-state index in [2.05, 4.69) is 27.7 Å². The molecule has 0 saturated carbocycles. The predicted octanol–water partition coefficient (Wildman–Crippen LogP) is 28.1. The van der Waals surface area contributed by atoms with Crippen molar-refractivity contribution in [3.8, 4) is 34.3 Å². The lowest BCUT2D eigenvalue weighted by atomic mass is 9.92. The first-order valence-electron chi connectivity index (χ1n) is 41.8. The van der Waals surface area contributed by atoms with Gasteiger partial charge < -0.3 is 24.1 Å². The van der Waals surface area contributed by atoms with Crippen LogP contribution in [0.25, 0.3) is 22.3 Å². The van der Waals surface area contributed by atoms with Crippen molar-refractivity contribution in [2.75, 3.05) is 0 Å². The molecule has 3 rings (SSSR count). The Balaban J connectivity index is 1.91. The van der Waals surface area contributed by atoms with Crippen LogP contribution in [0.3, 0.4) is 0 Å². The minimum atomic E-state index is -0.897. The number of phenols is 2. The van der Waals surface area contributed by atoms with Gasteiger partial charge in [-0.2, -0.15) is 0 Å². The normalized spacial score (nSPS) is 11.5. The number of Topliss-reactive ketones (excluding diaryl/α,β-unsaturated/α-hetero) is 2. The largest absolute Gasteiger partial charge is 0.508 e. The van der Waals surface area contributed by atoms with E-state index in [1.807, 2.05) is 0 Å². The fourth-order valence-corrected chi connectivity index (χ4v) is 14.1. The van der Waals surface area contributed by atoms with E-state index in [4.69, 9.17) is 13.9 Å². The minimum absolute atomic E-state index is 0.00505. The molecular formula is C87H146O10. The Hall–Kier alpha value is -4.47. The molecule has 0 unspecified atom stereocenters. The lowest BCUT2D eigenvalue weighted by Gasteiger charge is -2.19. The second-order valence-corrected chi connectivity index (χ2v) is 29.4. The number of esters is 2. The number of hydrogen-bond donors (Lipinski definition) is 2. The molecule has 1 heterocycles. The number of benzene rings is 2. The van der Waals surface area contributed by atoms with E-state index >= 15 is 4.79 Å². The van der Waals surface area contributed by atoms with Gasteiger partial charge in [0, 0.05) is 31.2 Å². The summed E-state index contributed by atoms with van der Waals surface area (Å²) < 4.78 is 19.0. The zero-order chi connectivity index (χ0) is 69.9. The van der Waals surface area contributed by atoms with Crippen molar-refractivity contribution in [2.24, 2.45) is 0 Å². The Bertz CT molecular complexity index is 2510. The van der Waals surface area contributed by atoms with Crippen LogP contribution in [-0.4, -0.2) is 33.7 Å². The maximum atomic E-state index is 15.6. The molecule has 0 aliphatic heterocycles. The van der Waals surface area contributed by atoms with Crippen LogP contribution in [0.1, 0.15) is 459 Å². The number of phenolic OH excluding ortho intramolecular Hbond substituents is 2. The SMILES string of the molecule is CCCCCCCCCCCCCCCCCC(=O)Oc1c(-c2ccc(O)cc2)oc2c(C(=O)CCCCCCCCCCCCCCCCC)c(O)c(C(=O)CCCCCCCCCCCCCCCCC)c(OC(=O)CCCCCCCCCCCCCCCCC)c2c1=O. The highest BCUT2D eigenvalue weighted by atomic mass is 16.5. The highest BCUT2D eigenvalue weighted by molar-refractivity contribution is 6.17. The van der Waals surface area contributed by atoms with Gasteiger partial charge in [-0.15, -0.1) is 0 Å². The topological polar surface area (TPSA) is 157 Å². The van der Waals surface area contributed by atoms with E-state index < -0.39 is 46.2 Å². The van der Waals surface area contributed by atoms with Crippen molar-refractivity contribution in [1.29, 1.82) is 0 Å². The van der Waals surface area contributed by atoms with Crippen molar-refractivity contribution in [3.05, 3.63) is 45.6 Å². The van der Waals surface area contributed by atoms with Gasteiger partial charge in [0.25, 0.3) is 0 Å². The second-order valence-electron chi connectivity index (χ2n) is 29.4. The van der Waals surface area contributed by atoms with Crippen molar-refractivity contribution < 1.29 is 43.3 Å². The molecule has 0 spiro atoms. The molecule has 0 saturated heterocycles. The molecule has 10 nitrogen and oxygen atoms in total. The van der Waals surface area contributed by atoms with Crippen LogP contribution >= 0.6 is 0 Å². The number of fused-ring (bicyclic) bond motifs is 1. The summed E-state index contributed by atoms with van der Waals surface area (Å²) in [6.45, 7) is 9.03. The number of unbranched alkanes of at least 4 members (excludes halogenated alkanes) is 56. The molecular weight excluding hydrogens is 1200 g/mol. The van der Waals surface area contributed by atoms with Crippen LogP contribution in [-0.2, 0) is 9.59 Å². The second kappa shape index (κ2) is 60.3. The van der Waals surface area contributed by atoms with Gasteiger partial charge in [0.1, 0.15) is 28.0 Å². The molecule has 0 aliphatic rings. The number of hydrogen-bond acceptors (Lipinski definition) is 10. The Morgan fingerprint density at radius 1 is 0.309 bits per heavy atom. The van der Waals surface area contributed by atoms with E-state index in [-0.39, 0.29) is 64.9 Å². The standard InChI is InChI=1S/C87H146O10/c1-5-9-13-17-21-25-29-33-37-41-45-49-53-57-61-65-75(89)79-82(93)80(76(90)66-62-58-54-50-46-42-38-34-30-26-22-18-14-10-6-2)86-81(85(79)95-77(91)67-63-59-55-51-47-43-39-35-31-27-23-19-15-11-7-3)83(94)87(84(97-86)73-69-71-74(88)72-70-73)96-78(92)68-64-60-56-52-48-44-40-36-32-28-24-20-16-12-8-4/h69-72,88,93H,5-68H2,1-4H3. The van der Waals surface area contributed by atoms with Gasteiger partial charge in [-0.3, -0.25) is 24.0 Å². The molecule has 2 aromatic carbocycles. The summed E-state index contributed by atoms with van der Waals surface area (Å²) in [6, 6.07) is 5.89. The third-order valence-corrected chi connectivity index (χ3v) is 20.3. The van der Waals surface area contributed by atoms with Crippen LogP contribution in [0.15, 0.2) is 33.5 Å². The number of rotatable bonds is 69. The highest BCUT2D eigenvalue weighted by Crippen LogP contribution is 2.45. The average molecular weight is 1350 g/mol. The first kappa shape index (κ1) is 86.8. The summed E-state index contributed by atoms with van der Waals surface area (Å²) in [6.07, 6.45) is 70.0. The lowest BCUT2D eigenvalue weighted by molar-refractivity contribution is -0.135. The molecule has 0 radical (unpaired) electrons. The van der Waals surface area contributed by atoms with Crippen molar-refractivity contribution in [3.63, 3.8) is 0 Å². The zero-order valence-electron chi connectivity index (χ0n) is 63.2. The first-order chi connectivity index (χ1) is 47.6. The van der Waals surface area contributed by atoms with E-state index in [9.17, 15) is 29.4 Å². The van der Waals surface area contributed by atoms with Gasteiger partial charge in [0.2, 0.25) is 11.2 Å². The molecule has 0 bridgehead atoms. The Morgan fingerprint density at radius 3 is 0.825 bits per heavy atom. The Labute approximate surface area is 593 Å². The van der Waals surface area contributed by atoms with Crippen LogP contribution in [0.5, 0.6) is 23.0 Å². The van der Waals surface area contributed by atoms with E-state index in [1.54, 1.807) is 0 Å². The lowest BCUT2D eigenvalue weighted by Crippen LogP contribution is -2.20. The van der Waals surface area contributed by atoms with Gasteiger partial charge in [0.15, 0.2) is 28.7 Å². The van der Waals surface area contributed by atoms with Crippen LogP contribution in [0, 0.1) is 0 Å². The number of carbonyl (C=O) groups excluding carboxylic acids is 4. The molecule has 0 fully saturated rings. The van der Waals surface area contributed by atoms with Gasteiger partial charge in [0.05, 0.1) is 0 Å². The number of carbonyl (C=O) groups is 4. The third kappa shape index (κ3) is 41.1. The molecule has 2 N–H and O–H groups in total. The fraction of sp³-hybridized carbons (Fsp3) is 0.782. The van der Waals surface area contributed by atoms with Gasteiger partial charge in [-0.25, -0.2) is 0 Å². The summed E-state index contributed by atoms with van der Waals surface area (Å²) >= 11 is 0. The summed E-state index contributed by atoms with van der Waals surface area (Å²) in [5.41, 5.74) is -1.67. The summed E-state index contributed by atoms with van der Waals surface area (Å²) in [5.74, 6) is -4.22. The Kier molecular flexibility index (Phi) is 53.9. The predicted molar refractivity (Wildman–Crippen MR) is 409 cm³/mol. The maximum absolute atomic E-state index is 15.6. The monoisotopic (exact) mass is 1350 g/mol. The zero-order valence-corrected chi connectivity index (χ0v) is 63.2. The van der Waals surface area contributed by atoms with Crippen LogP contribution in [0.4, 0.5) is 0 Å². The first-order valence-corrected chi connectivity index (χ1v) is 41.8. The number of aromatic hydroxyl groups is 2. The molecule has 3 aromatic rings. The quantitative estimate of drug-likeness (QED) is 0.0241. The number of ketones is 2. The smallest absolute Gasteiger partial charge is 0.311 e. The van der Waals surface area contributed by atoms with Gasteiger partial charge >= 0.3 is 11.9 Å². The highest BCUT2D eigenvalue weighted by Gasteiger charge is 2.35. The molecule has 0 aliphatic carbocycles. The van der Waals surface area contributed by atoms with Crippen molar-refractivity contribution in [1.82, 2.24) is 0 Å². The molecule has 0 atom stereocenters. The van der Waals surface area contributed by atoms with Crippen LogP contribution in [0.2, 0.25) is 0 Å². The van der Waals surface area contributed by atoms with Crippen LogP contribution < -0.4 is 14.9 Å². The summed E-state index contributed by atoms with van der Waals surface area (Å²) in [4.78, 5) is 73.8. The van der Waals surface area contributed by atoms with Crippen molar-refractivity contribution >= 4 is 34.5 Å². The summed E-state index contributed by atoms with van der Waals surface area (Å²) in [5, 5.41) is 22.7. The average Bonchev–Trinajstić information content (AvgIpc) is 0.729. The molecule has 0 amide bonds. The van der Waals surface area contributed by atoms with Gasteiger partial charge in [-0.1, -0.05) is 387 Å². The van der Waals surface area contributed by atoms with Gasteiger partial charge in [-0.05, 0) is 49.9 Å². The van der Waals surface area contributed by atoms with E-state index in [1.165, 1.54) is 281 Å². The number of ether oxygens (including phenoxy) is 2. The maximum Gasteiger partial charge on any atom is 0.311 e. The summed E-state index contributed by atoms with van der Waals surface area (Å²) in [7, 11) is 0. The third-order valence-electron chi connectivity index (χ3n) is 20.3.